The van der Waals surface area contributed by atoms with E-state index in [0.29, 0.717) is 21.4 Å². The number of anilines is 2. The Morgan fingerprint density at radius 2 is 1.73 bits per heavy atom. The molecule has 2 aromatic carbocycles. The molecule has 1 N–H and O–H groups in total. The molecule has 0 radical (unpaired) electrons. The molecule has 2 amide bonds. The Balaban J connectivity index is 1.84. The molecule has 1 saturated heterocycles. The van der Waals surface area contributed by atoms with Crippen molar-refractivity contribution in [3.63, 3.8) is 0 Å². The molecule has 112 valence electrons. The van der Waals surface area contributed by atoms with Gasteiger partial charge in [0, 0.05) is 0 Å². The highest BCUT2D eigenvalue weighted by Crippen LogP contribution is 2.35. The summed E-state index contributed by atoms with van der Waals surface area (Å²) < 4.78 is 0. The first-order chi connectivity index (χ1) is 10.6. The van der Waals surface area contributed by atoms with Gasteiger partial charge >= 0.3 is 0 Å². The largest absolute Gasteiger partial charge is 0.364 e. The number of hydrogen-bond acceptors (Lipinski definition) is 4. The van der Waals surface area contributed by atoms with E-state index in [2.05, 4.69) is 5.32 Å². The maximum Gasteiger partial charge on any atom is 0.295 e. The number of halogens is 2. The molecule has 1 heterocycles. The Bertz CT molecular complexity index is 740. The van der Waals surface area contributed by atoms with E-state index in [0.717, 1.165) is 16.7 Å². The number of nitrogens with zero attached hydrogens (tertiary/aromatic N) is 1. The highest BCUT2D eigenvalue weighted by Gasteiger charge is 2.40. The molecule has 4 nitrogen and oxygen atoms in total. The first-order valence-electron chi connectivity index (χ1n) is 6.38. The monoisotopic (exact) mass is 352 g/mol. The molecular formula is C15H10Cl2N2O2S. The van der Waals surface area contributed by atoms with Gasteiger partial charge in [0.25, 0.3) is 11.1 Å². The predicted molar refractivity (Wildman–Crippen MR) is 90.8 cm³/mol. The van der Waals surface area contributed by atoms with Crippen LogP contribution in [0.2, 0.25) is 10.0 Å². The molecule has 0 aliphatic carbocycles. The summed E-state index contributed by atoms with van der Waals surface area (Å²) in [5.41, 5.74) is 1.06. The van der Waals surface area contributed by atoms with Crippen LogP contribution in [0.25, 0.3) is 0 Å². The number of rotatable bonds is 3. The van der Waals surface area contributed by atoms with Crippen LogP contribution in [-0.2, 0) is 4.79 Å². The number of carbonyl (C=O) groups excluding carboxylic acids is 2. The van der Waals surface area contributed by atoms with Gasteiger partial charge in [0.15, 0.2) is 5.37 Å². The van der Waals surface area contributed by atoms with Crippen LogP contribution in [0, 0.1) is 0 Å². The minimum Gasteiger partial charge on any atom is -0.364 e. The van der Waals surface area contributed by atoms with Gasteiger partial charge in [-0.2, -0.15) is 0 Å². The lowest BCUT2D eigenvalue weighted by molar-refractivity contribution is -0.116. The summed E-state index contributed by atoms with van der Waals surface area (Å²) in [6, 6.07) is 13.9. The van der Waals surface area contributed by atoms with Crippen molar-refractivity contribution in [2.75, 3.05) is 10.2 Å². The van der Waals surface area contributed by atoms with Crippen molar-refractivity contribution < 1.29 is 9.59 Å². The van der Waals surface area contributed by atoms with E-state index in [4.69, 9.17) is 23.2 Å². The zero-order valence-electron chi connectivity index (χ0n) is 11.1. The van der Waals surface area contributed by atoms with Crippen LogP contribution in [0.1, 0.15) is 0 Å². The van der Waals surface area contributed by atoms with Crippen LogP contribution >= 0.6 is 35.0 Å². The average Bonchev–Trinajstić information content (AvgIpc) is 2.79. The Morgan fingerprint density at radius 1 is 1.00 bits per heavy atom. The summed E-state index contributed by atoms with van der Waals surface area (Å²) in [4.78, 5) is 25.7. The van der Waals surface area contributed by atoms with Crippen molar-refractivity contribution >= 4 is 57.5 Å². The molecule has 0 aromatic heterocycles. The smallest absolute Gasteiger partial charge is 0.295 e. The quantitative estimate of drug-likeness (QED) is 0.874. The molecule has 1 atom stereocenters. The number of benzene rings is 2. The maximum absolute atomic E-state index is 12.5. The highest BCUT2D eigenvalue weighted by atomic mass is 35.5. The lowest BCUT2D eigenvalue weighted by Crippen LogP contribution is -2.34. The Kier molecular flexibility index (Phi) is 4.29. The number of hydrogen-bond donors (Lipinski definition) is 1. The van der Waals surface area contributed by atoms with Crippen molar-refractivity contribution in [2.24, 2.45) is 0 Å². The van der Waals surface area contributed by atoms with Gasteiger partial charge in [-0.1, -0.05) is 47.5 Å². The summed E-state index contributed by atoms with van der Waals surface area (Å²) in [6.45, 7) is 0. The van der Waals surface area contributed by atoms with E-state index < -0.39 is 5.37 Å². The molecule has 1 fully saturated rings. The van der Waals surface area contributed by atoms with E-state index in [1.165, 1.54) is 0 Å². The number of thioether (sulfide) groups is 1. The SMILES string of the molecule is O=C1SC(Nc2cccc(Cl)c2Cl)C(=O)N1c1ccccc1. The number of amides is 2. The van der Waals surface area contributed by atoms with E-state index in [-0.39, 0.29) is 11.1 Å². The molecule has 0 spiro atoms. The molecule has 0 saturated carbocycles. The number of para-hydroxylation sites is 1. The predicted octanol–water partition coefficient (Wildman–Crippen LogP) is 4.63. The van der Waals surface area contributed by atoms with Crippen LogP contribution in [0.4, 0.5) is 16.2 Å². The molecule has 22 heavy (non-hydrogen) atoms. The standard InChI is InChI=1S/C15H10Cl2N2O2S/c16-10-7-4-8-11(12(10)17)18-13-14(20)19(15(21)22-13)9-5-2-1-3-6-9/h1-8,13,18H. The Labute approximate surface area is 141 Å². The van der Waals surface area contributed by atoms with E-state index in [1.54, 1.807) is 42.5 Å². The first-order valence-corrected chi connectivity index (χ1v) is 8.01. The molecule has 2 aromatic rings. The fraction of sp³-hybridized carbons (Fsp3) is 0.0667. The zero-order valence-corrected chi connectivity index (χ0v) is 13.5. The van der Waals surface area contributed by atoms with Crippen LogP contribution < -0.4 is 10.2 Å². The maximum atomic E-state index is 12.5. The number of imide groups is 1. The first kappa shape index (κ1) is 15.2. The van der Waals surface area contributed by atoms with E-state index >= 15 is 0 Å². The second-order valence-electron chi connectivity index (χ2n) is 4.52. The third-order valence-electron chi connectivity index (χ3n) is 3.10. The van der Waals surface area contributed by atoms with Crippen LogP contribution in [0.15, 0.2) is 48.5 Å². The molecule has 1 aliphatic rings. The van der Waals surface area contributed by atoms with Gasteiger partial charge in [0.1, 0.15) is 0 Å². The van der Waals surface area contributed by atoms with Gasteiger partial charge < -0.3 is 5.32 Å². The minimum absolute atomic E-state index is 0.322. The second kappa shape index (κ2) is 6.20. The second-order valence-corrected chi connectivity index (χ2v) is 6.36. The lowest BCUT2D eigenvalue weighted by Gasteiger charge is -2.15. The average molecular weight is 353 g/mol. The lowest BCUT2D eigenvalue weighted by atomic mass is 10.3. The van der Waals surface area contributed by atoms with Gasteiger partial charge in [0.2, 0.25) is 0 Å². The molecule has 1 unspecified atom stereocenters. The van der Waals surface area contributed by atoms with E-state index in [1.807, 2.05) is 6.07 Å². The molecule has 3 rings (SSSR count). The summed E-state index contributed by atoms with van der Waals surface area (Å²) in [7, 11) is 0. The van der Waals surface area contributed by atoms with Crippen LogP contribution in [-0.4, -0.2) is 16.5 Å². The fourth-order valence-electron chi connectivity index (χ4n) is 2.07. The summed E-state index contributed by atoms with van der Waals surface area (Å²) in [5.74, 6) is -0.336. The van der Waals surface area contributed by atoms with E-state index in [9.17, 15) is 9.59 Å². The fourth-order valence-corrected chi connectivity index (χ4v) is 3.32. The van der Waals surface area contributed by atoms with Gasteiger partial charge in [-0.3, -0.25) is 9.59 Å². The number of carbonyl (C=O) groups is 2. The van der Waals surface area contributed by atoms with Crippen LogP contribution in [0.3, 0.4) is 0 Å². The van der Waals surface area contributed by atoms with Crippen LogP contribution in [0.5, 0.6) is 0 Å². The molecule has 7 heteroatoms. The molecular weight excluding hydrogens is 343 g/mol. The molecule has 1 aliphatic heterocycles. The summed E-state index contributed by atoms with van der Waals surface area (Å²) in [5, 5.41) is 2.61. The van der Waals surface area contributed by atoms with Crippen molar-refractivity contribution in [1.82, 2.24) is 0 Å². The zero-order chi connectivity index (χ0) is 15.7. The summed E-state index contributed by atoms with van der Waals surface area (Å²) in [6.07, 6.45) is 0. The van der Waals surface area contributed by atoms with Gasteiger partial charge in [0.05, 0.1) is 21.4 Å². The van der Waals surface area contributed by atoms with Gasteiger partial charge in [-0.25, -0.2) is 4.90 Å². The van der Waals surface area contributed by atoms with Crippen molar-refractivity contribution in [2.45, 2.75) is 5.37 Å². The van der Waals surface area contributed by atoms with Gasteiger partial charge in [-0.15, -0.1) is 0 Å². The summed E-state index contributed by atoms with van der Waals surface area (Å²) >= 11 is 13.0. The normalized spacial score (nSPS) is 17.9. The molecule has 0 bridgehead atoms. The third kappa shape index (κ3) is 2.79. The third-order valence-corrected chi connectivity index (χ3v) is 4.86. The topological polar surface area (TPSA) is 49.4 Å². The Hall–Kier alpha value is -1.69. The van der Waals surface area contributed by atoms with Crippen molar-refractivity contribution in [3.8, 4) is 0 Å². The van der Waals surface area contributed by atoms with Crippen molar-refractivity contribution in [1.29, 1.82) is 0 Å². The van der Waals surface area contributed by atoms with Crippen molar-refractivity contribution in [3.05, 3.63) is 58.6 Å². The number of nitrogens with one attached hydrogen (secondary N) is 1. The highest BCUT2D eigenvalue weighted by molar-refractivity contribution is 8.16. The van der Waals surface area contributed by atoms with Gasteiger partial charge in [-0.05, 0) is 36.0 Å². The minimum atomic E-state index is -0.733. The Morgan fingerprint density at radius 3 is 2.45 bits per heavy atom.